The van der Waals surface area contributed by atoms with E-state index in [2.05, 4.69) is 10.3 Å². The average molecular weight is 370 g/mol. The standard InChI is InChI=1S/C20H26N4O3/c1-19(2,3)17(25)24-7-6-20(12-24)13-26-11-14-9-21-18(23-16(14)20)22-10-15-5-4-8-27-15/h4-5,8-9H,6-7,10-13H2,1-3H3,(H,21,22,23)/t20-/m0/s1. The van der Waals surface area contributed by atoms with Crippen LogP contribution in [0.25, 0.3) is 0 Å². The minimum Gasteiger partial charge on any atom is -0.467 e. The van der Waals surface area contributed by atoms with Crippen LogP contribution in [-0.2, 0) is 28.1 Å². The Bertz CT molecular complexity index is 828. The van der Waals surface area contributed by atoms with Crippen molar-refractivity contribution < 1.29 is 13.9 Å². The molecule has 4 rings (SSSR count). The highest BCUT2D eigenvalue weighted by atomic mass is 16.5. The number of aromatic nitrogens is 2. The third-order valence-electron chi connectivity index (χ3n) is 5.29. The Morgan fingerprint density at radius 1 is 1.41 bits per heavy atom. The quantitative estimate of drug-likeness (QED) is 0.895. The second-order valence-electron chi connectivity index (χ2n) is 8.50. The highest BCUT2D eigenvalue weighted by molar-refractivity contribution is 5.82. The van der Waals surface area contributed by atoms with Crippen molar-refractivity contribution >= 4 is 11.9 Å². The van der Waals surface area contributed by atoms with Crippen LogP contribution in [0.2, 0.25) is 0 Å². The van der Waals surface area contributed by atoms with Gasteiger partial charge in [-0.15, -0.1) is 0 Å². The molecular weight excluding hydrogens is 344 g/mol. The fourth-order valence-electron chi connectivity index (χ4n) is 3.89. The second kappa shape index (κ2) is 6.64. The van der Waals surface area contributed by atoms with Crippen LogP contribution in [0, 0.1) is 5.41 Å². The molecule has 4 heterocycles. The molecule has 1 saturated heterocycles. The molecule has 0 aromatic carbocycles. The predicted octanol–water partition coefficient (Wildman–Crippen LogP) is 2.73. The van der Waals surface area contributed by atoms with Crippen LogP contribution >= 0.6 is 0 Å². The molecule has 1 N–H and O–H groups in total. The van der Waals surface area contributed by atoms with Crippen molar-refractivity contribution in [3.8, 4) is 0 Å². The number of likely N-dealkylation sites (tertiary alicyclic amines) is 1. The Morgan fingerprint density at radius 3 is 3.00 bits per heavy atom. The monoisotopic (exact) mass is 370 g/mol. The fraction of sp³-hybridized carbons (Fsp3) is 0.550. The number of carbonyl (C=O) groups is 1. The molecule has 1 atom stereocenters. The Kier molecular flexibility index (Phi) is 4.42. The zero-order valence-corrected chi connectivity index (χ0v) is 16.1. The molecule has 2 aliphatic heterocycles. The molecule has 0 radical (unpaired) electrons. The van der Waals surface area contributed by atoms with Gasteiger partial charge in [-0.1, -0.05) is 20.8 Å². The summed E-state index contributed by atoms with van der Waals surface area (Å²) in [6.07, 6.45) is 4.34. The summed E-state index contributed by atoms with van der Waals surface area (Å²) in [5.74, 6) is 1.58. The normalized spacial score (nSPS) is 22.1. The van der Waals surface area contributed by atoms with Gasteiger partial charge >= 0.3 is 0 Å². The van der Waals surface area contributed by atoms with Crippen molar-refractivity contribution in [3.05, 3.63) is 41.6 Å². The van der Waals surface area contributed by atoms with E-state index in [4.69, 9.17) is 14.1 Å². The Hall–Kier alpha value is -2.41. The lowest BCUT2D eigenvalue weighted by molar-refractivity contribution is -0.138. The number of rotatable bonds is 3. The highest BCUT2D eigenvalue weighted by Gasteiger charge is 2.47. The molecule has 1 fully saturated rings. The summed E-state index contributed by atoms with van der Waals surface area (Å²) >= 11 is 0. The Morgan fingerprint density at radius 2 is 2.26 bits per heavy atom. The topological polar surface area (TPSA) is 80.5 Å². The number of carbonyl (C=O) groups excluding carboxylic acids is 1. The first kappa shape index (κ1) is 18.0. The number of anilines is 1. The summed E-state index contributed by atoms with van der Waals surface area (Å²) in [5, 5.41) is 3.22. The Labute approximate surface area is 159 Å². The first-order valence-corrected chi connectivity index (χ1v) is 9.37. The summed E-state index contributed by atoms with van der Waals surface area (Å²) < 4.78 is 11.2. The van der Waals surface area contributed by atoms with E-state index in [1.165, 1.54) is 0 Å². The lowest BCUT2D eigenvalue weighted by Gasteiger charge is -2.35. The van der Waals surface area contributed by atoms with Gasteiger partial charge in [0, 0.05) is 30.3 Å². The van der Waals surface area contributed by atoms with Gasteiger partial charge in [-0.05, 0) is 18.6 Å². The third kappa shape index (κ3) is 3.43. The van der Waals surface area contributed by atoms with Crippen molar-refractivity contribution in [1.82, 2.24) is 14.9 Å². The van der Waals surface area contributed by atoms with Gasteiger partial charge in [0.15, 0.2) is 0 Å². The molecule has 144 valence electrons. The van der Waals surface area contributed by atoms with Crippen molar-refractivity contribution in [2.45, 2.75) is 45.8 Å². The van der Waals surface area contributed by atoms with Crippen LogP contribution in [-0.4, -0.2) is 40.5 Å². The Balaban J connectivity index is 1.57. The zero-order chi connectivity index (χ0) is 19.1. The molecule has 0 saturated carbocycles. The smallest absolute Gasteiger partial charge is 0.227 e. The van der Waals surface area contributed by atoms with Gasteiger partial charge in [0.2, 0.25) is 11.9 Å². The zero-order valence-electron chi connectivity index (χ0n) is 16.1. The van der Waals surface area contributed by atoms with Crippen molar-refractivity contribution in [2.24, 2.45) is 5.41 Å². The lowest BCUT2D eigenvalue weighted by atomic mass is 9.80. The van der Waals surface area contributed by atoms with Crippen molar-refractivity contribution in [2.75, 3.05) is 25.0 Å². The minimum absolute atomic E-state index is 0.178. The van der Waals surface area contributed by atoms with E-state index in [-0.39, 0.29) is 16.7 Å². The summed E-state index contributed by atoms with van der Waals surface area (Å²) in [6.45, 7) is 8.90. The number of fused-ring (bicyclic) bond motifs is 2. The van der Waals surface area contributed by atoms with Crippen LogP contribution in [0.5, 0.6) is 0 Å². The van der Waals surface area contributed by atoms with E-state index in [0.29, 0.717) is 32.3 Å². The number of hydrogen-bond acceptors (Lipinski definition) is 6. The SMILES string of the molecule is CC(C)(C)C(=O)N1CC[C@@]2(COCc3cnc(NCc4ccco4)nc32)C1. The first-order chi connectivity index (χ1) is 12.9. The number of amides is 1. The van der Waals surface area contributed by atoms with E-state index in [1.807, 2.05) is 44.0 Å². The molecular formula is C20H26N4O3. The average Bonchev–Trinajstić information content (AvgIpc) is 3.30. The van der Waals surface area contributed by atoms with Crippen LogP contribution in [0.3, 0.4) is 0 Å². The molecule has 2 aliphatic rings. The maximum Gasteiger partial charge on any atom is 0.227 e. The first-order valence-electron chi connectivity index (χ1n) is 9.37. The number of furan rings is 1. The predicted molar refractivity (Wildman–Crippen MR) is 100 cm³/mol. The van der Waals surface area contributed by atoms with E-state index in [9.17, 15) is 4.79 Å². The molecule has 0 aliphatic carbocycles. The van der Waals surface area contributed by atoms with Gasteiger partial charge in [-0.2, -0.15) is 0 Å². The molecule has 7 nitrogen and oxygen atoms in total. The minimum atomic E-state index is -0.384. The number of nitrogens with one attached hydrogen (secondary N) is 1. The maximum atomic E-state index is 12.7. The van der Waals surface area contributed by atoms with Crippen LogP contribution < -0.4 is 5.32 Å². The van der Waals surface area contributed by atoms with Crippen molar-refractivity contribution in [3.63, 3.8) is 0 Å². The summed E-state index contributed by atoms with van der Waals surface area (Å²) in [4.78, 5) is 23.9. The molecule has 27 heavy (non-hydrogen) atoms. The van der Waals surface area contributed by atoms with E-state index >= 15 is 0 Å². The van der Waals surface area contributed by atoms with Gasteiger partial charge in [0.25, 0.3) is 0 Å². The lowest BCUT2D eigenvalue weighted by Crippen LogP contribution is -2.44. The highest BCUT2D eigenvalue weighted by Crippen LogP contribution is 2.40. The third-order valence-corrected chi connectivity index (χ3v) is 5.29. The molecule has 1 amide bonds. The molecule has 1 spiro atoms. The van der Waals surface area contributed by atoms with Crippen molar-refractivity contribution in [1.29, 1.82) is 0 Å². The van der Waals surface area contributed by atoms with Gasteiger partial charge in [0.1, 0.15) is 5.76 Å². The van der Waals surface area contributed by atoms with Crippen LogP contribution in [0.1, 0.15) is 44.2 Å². The van der Waals surface area contributed by atoms with Crippen LogP contribution in [0.4, 0.5) is 5.95 Å². The van der Waals surface area contributed by atoms with Gasteiger partial charge in [-0.3, -0.25) is 4.79 Å². The number of ether oxygens (including phenoxy) is 1. The van der Waals surface area contributed by atoms with E-state index in [1.54, 1.807) is 6.26 Å². The van der Waals surface area contributed by atoms with Gasteiger partial charge < -0.3 is 19.4 Å². The molecule has 2 aromatic heterocycles. The number of nitrogens with zero attached hydrogens (tertiary/aromatic N) is 3. The molecule has 7 heteroatoms. The summed E-state index contributed by atoms with van der Waals surface area (Å²) in [5.41, 5.74) is 1.38. The summed E-state index contributed by atoms with van der Waals surface area (Å²) in [7, 11) is 0. The maximum absolute atomic E-state index is 12.7. The van der Waals surface area contributed by atoms with Gasteiger partial charge in [-0.25, -0.2) is 9.97 Å². The number of hydrogen-bond donors (Lipinski definition) is 1. The summed E-state index contributed by atoms with van der Waals surface area (Å²) in [6, 6.07) is 3.77. The molecule has 0 unspecified atom stereocenters. The fourth-order valence-corrected chi connectivity index (χ4v) is 3.89. The van der Waals surface area contributed by atoms with Crippen LogP contribution in [0.15, 0.2) is 29.0 Å². The second-order valence-corrected chi connectivity index (χ2v) is 8.50. The van der Waals surface area contributed by atoms with E-state index in [0.717, 1.165) is 30.0 Å². The molecule has 2 aromatic rings. The van der Waals surface area contributed by atoms with Gasteiger partial charge in [0.05, 0.1) is 37.1 Å². The molecule has 0 bridgehead atoms. The largest absolute Gasteiger partial charge is 0.467 e. The van der Waals surface area contributed by atoms with E-state index < -0.39 is 0 Å².